The minimum atomic E-state index is -0.384. The van der Waals surface area contributed by atoms with E-state index in [4.69, 9.17) is 0 Å². The maximum absolute atomic E-state index is 13.0. The van der Waals surface area contributed by atoms with Crippen molar-refractivity contribution in [2.24, 2.45) is 0 Å². The summed E-state index contributed by atoms with van der Waals surface area (Å²) < 4.78 is 14.5. The summed E-state index contributed by atoms with van der Waals surface area (Å²) in [7, 11) is 1.83. The van der Waals surface area contributed by atoms with E-state index in [2.05, 4.69) is 10.3 Å². The Kier molecular flexibility index (Phi) is 3.19. The third-order valence-electron chi connectivity index (χ3n) is 2.75. The summed E-state index contributed by atoms with van der Waals surface area (Å²) in [6.45, 7) is 2.51. The molecule has 5 heteroatoms. The van der Waals surface area contributed by atoms with Crippen LogP contribution in [0.15, 0.2) is 29.3 Å². The largest absolute Gasteiger partial charge is 0.315 e. The van der Waals surface area contributed by atoms with Crippen LogP contribution in [0, 0.1) is 5.82 Å². The summed E-state index contributed by atoms with van der Waals surface area (Å²) in [6, 6.07) is 4.19. The highest BCUT2D eigenvalue weighted by Gasteiger charge is 2.07. The highest BCUT2D eigenvalue weighted by molar-refractivity contribution is 5.77. The molecule has 0 aliphatic rings. The molecule has 0 amide bonds. The van der Waals surface area contributed by atoms with Crippen LogP contribution in [0.1, 0.15) is 6.92 Å². The van der Waals surface area contributed by atoms with Gasteiger partial charge in [0.25, 0.3) is 5.56 Å². The summed E-state index contributed by atoms with van der Waals surface area (Å²) in [5.74, 6) is -0.384. The molecule has 0 fully saturated rings. The predicted octanol–water partition coefficient (Wildman–Crippen LogP) is 1.14. The molecule has 4 nitrogen and oxygen atoms in total. The first-order valence-corrected chi connectivity index (χ1v) is 5.44. The van der Waals surface area contributed by atoms with Gasteiger partial charge in [-0.1, -0.05) is 0 Å². The Morgan fingerprint density at radius 2 is 2.29 bits per heavy atom. The Balaban J connectivity index is 2.51. The predicted molar refractivity (Wildman–Crippen MR) is 64.5 cm³/mol. The molecular formula is C12H14FN3O. The van der Waals surface area contributed by atoms with E-state index in [0.29, 0.717) is 17.4 Å². The molecule has 1 aromatic heterocycles. The Labute approximate surface area is 98.1 Å². The van der Waals surface area contributed by atoms with E-state index in [1.807, 2.05) is 14.0 Å². The summed E-state index contributed by atoms with van der Waals surface area (Å²) in [5.41, 5.74) is 0.250. The maximum atomic E-state index is 13.0. The fourth-order valence-corrected chi connectivity index (χ4v) is 1.65. The molecule has 1 unspecified atom stereocenters. The molecule has 0 aliphatic carbocycles. The molecule has 0 radical (unpaired) electrons. The van der Waals surface area contributed by atoms with Crippen molar-refractivity contribution in [2.75, 3.05) is 7.05 Å². The average Bonchev–Trinajstić information content (AvgIpc) is 2.32. The molecule has 0 bridgehead atoms. The van der Waals surface area contributed by atoms with Crippen molar-refractivity contribution in [1.29, 1.82) is 0 Å². The van der Waals surface area contributed by atoms with Crippen LogP contribution in [-0.2, 0) is 6.54 Å². The van der Waals surface area contributed by atoms with Gasteiger partial charge < -0.3 is 5.32 Å². The van der Waals surface area contributed by atoms with E-state index in [-0.39, 0.29) is 17.4 Å². The summed E-state index contributed by atoms with van der Waals surface area (Å²) in [4.78, 5) is 16.1. The van der Waals surface area contributed by atoms with Gasteiger partial charge >= 0.3 is 0 Å². The fraction of sp³-hybridized carbons (Fsp3) is 0.333. The molecule has 2 rings (SSSR count). The molecule has 1 atom stereocenters. The Morgan fingerprint density at radius 3 is 3.00 bits per heavy atom. The van der Waals surface area contributed by atoms with E-state index in [1.54, 1.807) is 0 Å². The van der Waals surface area contributed by atoms with Crippen molar-refractivity contribution < 1.29 is 4.39 Å². The smallest absolute Gasteiger partial charge is 0.261 e. The molecule has 1 heterocycles. The van der Waals surface area contributed by atoms with Crippen LogP contribution in [0.2, 0.25) is 0 Å². The number of fused-ring (bicyclic) bond motifs is 1. The first kappa shape index (κ1) is 11.7. The third-order valence-corrected chi connectivity index (χ3v) is 2.75. The number of likely N-dealkylation sites (N-methyl/N-ethyl adjacent to an activating group) is 1. The molecular weight excluding hydrogens is 221 g/mol. The number of rotatable bonds is 3. The van der Waals surface area contributed by atoms with Crippen LogP contribution in [0.3, 0.4) is 0 Å². The van der Waals surface area contributed by atoms with Gasteiger partial charge in [-0.25, -0.2) is 9.37 Å². The number of benzene rings is 1. The van der Waals surface area contributed by atoms with Gasteiger partial charge in [-0.3, -0.25) is 9.36 Å². The number of aromatic nitrogens is 2. The van der Waals surface area contributed by atoms with Crippen LogP contribution < -0.4 is 10.9 Å². The lowest BCUT2D eigenvalue weighted by Gasteiger charge is -2.12. The van der Waals surface area contributed by atoms with Crippen LogP contribution >= 0.6 is 0 Å². The molecule has 90 valence electrons. The summed E-state index contributed by atoms with van der Waals surface area (Å²) in [5, 5.41) is 3.49. The highest BCUT2D eigenvalue weighted by atomic mass is 19.1. The van der Waals surface area contributed by atoms with Gasteiger partial charge in [-0.2, -0.15) is 0 Å². The molecule has 0 saturated heterocycles. The lowest BCUT2D eigenvalue weighted by molar-refractivity contribution is 0.503. The van der Waals surface area contributed by atoms with E-state index in [0.717, 1.165) is 0 Å². The van der Waals surface area contributed by atoms with Gasteiger partial charge in [0.15, 0.2) is 0 Å². The standard InChI is InChI=1S/C12H14FN3O/c1-8(14-2)6-16-7-15-11-5-9(13)3-4-10(11)12(16)17/h3-5,7-8,14H,6H2,1-2H3. The average molecular weight is 235 g/mol. The quantitative estimate of drug-likeness (QED) is 0.868. The minimum absolute atomic E-state index is 0.142. The first-order chi connectivity index (χ1) is 8.11. The second-order valence-electron chi connectivity index (χ2n) is 4.05. The summed E-state index contributed by atoms with van der Waals surface area (Å²) in [6.07, 6.45) is 1.46. The van der Waals surface area contributed by atoms with Gasteiger partial charge in [0.05, 0.1) is 17.2 Å². The Hall–Kier alpha value is -1.75. The monoisotopic (exact) mass is 235 g/mol. The lowest BCUT2D eigenvalue weighted by Crippen LogP contribution is -2.32. The molecule has 0 aliphatic heterocycles. The molecule has 1 aromatic carbocycles. The first-order valence-electron chi connectivity index (χ1n) is 5.44. The zero-order valence-electron chi connectivity index (χ0n) is 9.77. The second kappa shape index (κ2) is 4.63. The summed E-state index contributed by atoms with van der Waals surface area (Å²) >= 11 is 0. The van der Waals surface area contributed by atoms with Crippen molar-refractivity contribution in [3.63, 3.8) is 0 Å². The van der Waals surface area contributed by atoms with E-state index in [1.165, 1.54) is 29.1 Å². The SMILES string of the molecule is CNC(C)Cn1cnc2cc(F)ccc2c1=O. The normalized spacial score (nSPS) is 12.9. The molecule has 1 N–H and O–H groups in total. The number of hydrogen-bond donors (Lipinski definition) is 1. The van der Waals surface area contributed by atoms with Crippen molar-refractivity contribution in [3.8, 4) is 0 Å². The van der Waals surface area contributed by atoms with Crippen molar-refractivity contribution in [1.82, 2.24) is 14.9 Å². The van der Waals surface area contributed by atoms with Gasteiger partial charge in [-0.05, 0) is 26.1 Å². The number of nitrogens with zero attached hydrogens (tertiary/aromatic N) is 2. The van der Waals surface area contributed by atoms with E-state index in [9.17, 15) is 9.18 Å². The van der Waals surface area contributed by atoms with Crippen LogP contribution in [0.25, 0.3) is 10.9 Å². The van der Waals surface area contributed by atoms with Gasteiger partial charge in [0, 0.05) is 18.7 Å². The van der Waals surface area contributed by atoms with Gasteiger partial charge in [0.1, 0.15) is 5.82 Å². The topological polar surface area (TPSA) is 46.9 Å². The van der Waals surface area contributed by atoms with Crippen LogP contribution in [0.4, 0.5) is 4.39 Å². The van der Waals surface area contributed by atoms with Gasteiger partial charge in [-0.15, -0.1) is 0 Å². The molecule has 0 spiro atoms. The van der Waals surface area contributed by atoms with E-state index >= 15 is 0 Å². The fourth-order valence-electron chi connectivity index (χ4n) is 1.65. The van der Waals surface area contributed by atoms with Crippen molar-refractivity contribution in [2.45, 2.75) is 19.5 Å². The zero-order chi connectivity index (χ0) is 12.4. The van der Waals surface area contributed by atoms with Crippen LogP contribution in [-0.4, -0.2) is 22.6 Å². The third kappa shape index (κ3) is 2.34. The zero-order valence-corrected chi connectivity index (χ0v) is 9.77. The van der Waals surface area contributed by atoms with Crippen molar-refractivity contribution in [3.05, 3.63) is 40.7 Å². The minimum Gasteiger partial charge on any atom is -0.315 e. The molecule has 17 heavy (non-hydrogen) atoms. The number of hydrogen-bond acceptors (Lipinski definition) is 3. The number of nitrogens with one attached hydrogen (secondary N) is 1. The Morgan fingerprint density at radius 1 is 1.53 bits per heavy atom. The van der Waals surface area contributed by atoms with Crippen LogP contribution in [0.5, 0.6) is 0 Å². The Bertz CT molecular complexity index is 594. The molecule has 2 aromatic rings. The lowest BCUT2D eigenvalue weighted by atomic mass is 10.2. The number of halogens is 1. The van der Waals surface area contributed by atoms with Crippen molar-refractivity contribution >= 4 is 10.9 Å². The molecule has 0 saturated carbocycles. The second-order valence-corrected chi connectivity index (χ2v) is 4.05. The highest BCUT2D eigenvalue weighted by Crippen LogP contribution is 2.08. The van der Waals surface area contributed by atoms with E-state index < -0.39 is 0 Å². The maximum Gasteiger partial charge on any atom is 0.261 e. The van der Waals surface area contributed by atoms with Gasteiger partial charge in [0.2, 0.25) is 0 Å².